The first-order valence-electron chi connectivity index (χ1n) is 6.34. The number of hydrogen-bond donors (Lipinski definition) is 1. The van der Waals surface area contributed by atoms with Crippen LogP contribution >= 0.6 is 0 Å². The third kappa shape index (κ3) is 6.11. The number of carbonyl (C=O) groups is 1. The van der Waals surface area contributed by atoms with Gasteiger partial charge < -0.3 is 10.2 Å². The molecule has 0 aliphatic carbocycles. The molecule has 0 saturated carbocycles. The number of hydrogen-bond acceptors (Lipinski definition) is 2. The molecule has 0 heterocycles. The first kappa shape index (κ1) is 15.4. The van der Waals surface area contributed by atoms with Crippen LogP contribution in [0.2, 0.25) is 0 Å². The molecule has 0 bridgehead atoms. The maximum atomic E-state index is 11.9. The van der Waals surface area contributed by atoms with E-state index in [4.69, 9.17) is 0 Å². The average Bonchev–Trinajstić information content (AvgIpc) is 2.17. The van der Waals surface area contributed by atoms with Crippen molar-refractivity contribution < 1.29 is 4.79 Å². The zero-order chi connectivity index (χ0) is 12.8. The Kier molecular flexibility index (Phi) is 6.65. The Balaban J connectivity index is 3.97. The second kappa shape index (κ2) is 6.89. The van der Waals surface area contributed by atoms with Crippen LogP contribution in [0.4, 0.5) is 0 Å². The number of carbonyl (C=O) groups excluding carboxylic acids is 1. The van der Waals surface area contributed by atoms with Crippen LogP contribution in [0, 0.1) is 5.41 Å². The van der Waals surface area contributed by atoms with Crippen molar-refractivity contribution in [2.24, 2.45) is 5.41 Å². The van der Waals surface area contributed by atoms with Crippen LogP contribution in [0.3, 0.4) is 0 Å². The number of amides is 1. The van der Waals surface area contributed by atoms with Gasteiger partial charge in [-0.25, -0.2) is 0 Å². The fourth-order valence-electron chi connectivity index (χ4n) is 1.56. The summed E-state index contributed by atoms with van der Waals surface area (Å²) >= 11 is 0. The van der Waals surface area contributed by atoms with Crippen molar-refractivity contribution in [1.29, 1.82) is 0 Å². The van der Waals surface area contributed by atoms with Gasteiger partial charge in [-0.3, -0.25) is 4.79 Å². The van der Waals surface area contributed by atoms with Gasteiger partial charge in [0, 0.05) is 13.1 Å². The average molecular weight is 228 g/mol. The van der Waals surface area contributed by atoms with E-state index >= 15 is 0 Å². The lowest BCUT2D eigenvalue weighted by Crippen LogP contribution is -2.45. The Morgan fingerprint density at radius 3 is 2.12 bits per heavy atom. The monoisotopic (exact) mass is 228 g/mol. The second-order valence-electron chi connectivity index (χ2n) is 5.50. The van der Waals surface area contributed by atoms with Crippen LogP contribution in [-0.4, -0.2) is 36.5 Å². The molecule has 0 aliphatic rings. The van der Waals surface area contributed by atoms with Gasteiger partial charge in [-0.1, -0.05) is 20.8 Å². The fourth-order valence-corrected chi connectivity index (χ4v) is 1.56. The van der Waals surface area contributed by atoms with E-state index in [1.54, 1.807) is 0 Å². The van der Waals surface area contributed by atoms with E-state index in [1.165, 1.54) is 0 Å². The molecule has 0 radical (unpaired) electrons. The lowest BCUT2D eigenvalue weighted by molar-refractivity contribution is -0.132. The molecule has 1 N–H and O–H groups in total. The minimum absolute atomic E-state index is 0.0674. The Hall–Kier alpha value is -0.570. The predicted octanol–water partition coefficient (Wildman–Crippen LogP) is 2.27. The molecular formula is C13H28N2O. The van der Waals surface area contributed by atoms with Gasteiger partial charge in [0.15, 0.2) is 0 Å². The number of nitrogens with one attached hydrogen (secondary N) is 1. The molecule has 0 aromatic rings. The summed E-state index contributed by atoms with van der Waals surface area (Å²) in [5, 5.41) is 3.30. The number of likely N-dealkylation sites (N-methyl/N-ethyl adjacent to an activating group) is 1. The molecule has 0 spiro atoms. The van der Waals surface area contributed by atoms with Crippen molar-refractivity contribution in [2.75, 3.05) is 19.6 Å². The molecule has 3 nitrogen and oxygen atoms in total. The molecule has 16 heavy (non-hydrogen) atoms. The Morgan fingerprint density at radius 2 is 1.75 bits per heavy atom. The molecule has 0 saturated heterocycles. The lowest BCUT2D eigenvalue weighted by Gasteiger charge is -2.25. The summed E-state index contributed by atoms with van der Waals surface area (Å²) in [5.74, 6) is 0.207. The van der Waals surface area contributed by atoms with Gasteiger partial charge in [0.2, 0.25) is 5.91 Å². The van der Waals surface area contributed by atoms with Crippen LogP contribution in [0.25, 0.3) is 0 Å². The molecule has 0 aromatic carbocycles. The summed E-state index contributed by atoms with van der Waals surface area (Å²) in [6.07, 6.45) is 1.09. The Morgan fingerprint density at radius 1 is 1.25 bits per heavy atom. The van der Waals surface area contributed by atoms with Crippen LogP contribution in [0.15, 0.2) is 0 Å². The number of rotatable bonds is 6. The van der Waals surface area contributed by atoms with Crippen LogP contribution in [0.5, 0.6) is 0 Å². The minimum atomic E-state index is -0.0674. The van der Waals surface area contributed by atoms with E-state index in [-0.39, 0.29) is 11.9 Å². The van der Waals surface area contributed by atoms with Crippen molar-refractivity contribution in [3.8, 4) is 0 Å². The van der Waals surface area contributed by atoms with E-state index in [1.807, 2.05) is 25.7 Å². The molecule has 0 rings (SSSR count). The quantitative estimate of drug-likeness (QED) is 0.756. The van der Waals surface area contributed by atoms with Gasteiger partial charge in [0.25, 0.3) is 0 Å². The predicted molar refractivity (Wildman–Crippen MR) is 69.5 cm³/mol. The van der Waals surface area contributed by atoms with E-state index in [0.29, 0.717) is 5.41 Å². The molecule has 96 valence electrons. The molecule has 1 atom stereocenters. The standard InChI is InChI=1S/C13H28N2O/c1-7-15(8-2)12(16)11(3)14-10-9-13(4,5)6/h11,14H,7-10H2,1-6H3. The highest BCUT2D eigenvalue weighted by molar-refractivity contribution is 5.81. The SMILES string of the molecule is CCN(CC)C(=O)C(C)NCCC(C)(C)C. The molecule has 1 amide bonds. The van der Waals surface area contributed by atoms with Gasteiger partial charge >= 0.3 is 0 Å². The molecule has 1 unspecified atom stereocenters. The maximum absolute atomic E-state index is 11.9. The van der Waals surface area contributed by atoms with Gasteiger partial charge in [-0.2, -0.15) is 0 Å². The molecule has 0 fully saturated rings. The normalized spacial score (nSPS) is 13.6. The molecule has 0 aromatic heterocycles. The molecule has 0 aliphatic heterocycles. The third-order valence-electron chi connectivity index (χ3n) is 2.77. The Labute approximate surface area is 101 Å². The summed E-state index contributed by atoms with van der Waals surface area (Å²) in [4.78, 5) is 13.8. The lowest BCUT2D eigenvalue weighted by atomic mass is 9.92. The second-order valence-corrected chi connectivity index (χ2v) is 5.50. The summed E-state index contributed by atoms with van der Waals surface area (Å²) in [6, 6.07) is -0.0674. The molecular weight excluding hydrogens is 200 g/mol. The zero-order valence-electron chi connectivity index (χ0n) is 11.8. The van der Waals surface area contributed by atoms with Crippen LogP contribution in [0.1, 0.15) is 48.0 Å². The first-order valence-corrected chi connectivity index (χ1v) is 6.34. The highest BCUT2D eigenvalue weighted by atomic mass is 16.2. The highest BCUT2D eigenvalue weighted by Crippen LogP contribution is 2.17. The van der Waals surface area contributed by atoms with Gasteiger partial charge in [-0.05, 0) is 39.2 Å². The van der Waals surface area contributed by atoms with Crippen molar-refractivity contribution in [2.45, 2.75) is 54.0 Å². The van der Waals surface area contributed by atoms with Crippen molar-refractivity contribution >= 4 is 5.91 Å². The van der Waals surface area contributed by atoms with Gasteiger partial charge in [-0.15, -0.1) is 0 Å². The van der Waals surface area contributed by atoms with Crippen molar-refractivity contribution in [3.05, 3.63) is 0 Å². The van der Waals surface area contributed by atoms with Crippen molar-refractivity contribution in [3.63, 3.8) is 0 Å². The maximum Gasteiger partial charge on any atom is 0.239 e. The van der Waals surface area contributed by atoms with E-state index in [0.717, 1.165) is 26.1 Å². The highest BCUT2D eigenvalue weighted by Gasteiger charge is 2.18. The van der Waals surface area contributed by atoms with E-state index in [2.05, 4.69) is 26.1 Å². The Bertz CT molecular complexity index is 204. The van der Waals surface area contributed by atoms with E-state index in [9.17, 15) is 4.79 Å². The third-order valence-corrected chi connectivity index (χ3v) is 2.77. The molecule has 3 heteroatoms. The van der Waals surface area contributed by atoms with E-state index < -0.39 is 0 Å². The summed E-state index contributed by atoms with van der Waals surface area (Å²) in [5.41, 5.74) is 0.324. The van der Waals surface area contributed by atoms with Crippen LogP contribution < -0.4 is 5.32 Å². The topological polar surface area (TPSA) is 32.3 Å². The first-order chi connectivity index (χ1) is 7.31. The zero-order valence-corrected chi connectivity index (χ0v) is 11.8. The van der Waals surface area contributed by atoms with Crippen LogP contribution in [-0.2, 0) is 4.79 Å². The van der Waals surface area contributed by atoms with Gasteiger partial charge in [0.05, 0.1) is 6.04 Å². The summed E-state index contributed by atoms with van der Waals surface area (Å²) < 4.78 is 0. The summed E-state index contributed by atoms with van der Waals surface area (Å²) in [6.45, 7) is 15.1. The van der Waals surface area contributed by atoms with Gasteiger partial charge in [0.1, 0.15) is 0 Å². The smallest absolute Gasteiger partial charge is 0.239 e. The summed E-state index contributed by atoms with van der Waals surface area (Å²) in [7, 11) is 0. The minimum Gasteiger partial charge on any atom is -0.342 e. The fraction of sp³-hybridized carbons (Fsp3) is 0.923. The largest absolute Gasteiger partial charge is 0.342 e. The van der Waals surface area contributed by atoms with Crippen molar-refractivity contribution in [1.82, 2.24) is 10.2 Å². The number of nitrogens with zero attached hydrogens (tertiary/aromatic N) is 1.